The van der Waals surface area contributed by atoms with Gasteiger partial charge in [0.1, 0.15) is 0 Å². The lowest BCUT2D eigenvalue weighted by Crippen LogP contribution is -2.25. The molecule has 0 bridgehead atoms. The van der Waals surface area contributed by atoms with Crippen LogP contribution >= 0.6 is 0 Å². The molecule has 1 aliphatic rings. The van der Waals surface area contributed by atoms with Crippen molar-refractivity contribution in [3.8, 4) is 0 Å². The second kappa shape index (κ2) is 7.87. The maximum Gasteiger partial charge on any atom is 0.323 e. The van der Waals surface area contributed by atoms with Crippen LogP contribution in [0.3, 0.4) is 0 Å². The summed E-state index contributed by atoms with van der Waals surface area (Å²) in [5, 5.41) is 5.84. The van der Waals surface area contributed by atoms with Crippen LogP contribution in [0.15, 0.2) is 36.0 Å². The average Bonchev–Trinajstić information content (AvgIpc) is 2.54. The molecule has 1 aliphatic carbocycles. The van der Waals surface area contributed by atoms with Crippen LogP contribution in [0.2, 0.25) is 0 Å². The number of allylic oxidation sites excluding steroid dienone is 1. The Kier molecular flexibility index (Phi) is 5.85. The summed E-state index contributed by atoms with van der Waals surface area (Å²) in [6.45, 7) is 4.34. The summed E-state index contributed by atoms with van der Waals surface area (Å²) in [4.78, 5) is 12.1. The molecule has 2 rings (SSSR count). The van der Waals surface area contributed by atoms with E-state index in [2.05, 4.69) is 30.5 Å². The fourth-order valence-corrected chi connectivity index (χ4v) is 2.74. The predicted octanol–water partition coefficient (Wildman–Crippen LogP) is 5.17. The van der Waals surface area contributed by atoms with Crippen LogP contribution in [0.1, 0.15) is 63.9 Å². The zero-order chi connectivity index (χ0) is 15.1. The molecule has 1 aromatic carbocycles. The first-order valence-corrected chi connectivity index (χ1v) is 8.05. The van der Waals surface area contributed by atoms with Crippen LogP contribution in [0.5, 0.6) is 0 Å². The van der Waals surface area contributed by atoms with Crippen molar-refractivity contribution in [1.82, 2.24) is 5.32 Å². The van der Waals surface area contributed by atoms with Gasteiger partial charge in [-0.05, 0) is 49.7 Å². The van der Waals surface area contributed by atoms with Crippen molar-refractivity contribution in [2.24, 2.45) is 0 Å². The standard InChI is InChI=1S/C18H26N2O/c1-3-14(2)16-11-7-8-12-17(16)20-18(21)19-13-15-9-5-4-6-10-15/h7-8,11-14H,3-6,9-10H2,1-2H3,(H2,19,20,21). The highest BCUT2D eigenvalue weighted by Crippen LogP contribution is 2.26. The maximum absolute atomic E-state index is 12.1. The normalized spacial score (nSPS) is 16.2. The van der Waals surface area contributed by atoms with E-state index in [1.54, 1.807) is 0 Å². The van der Waals surface area contributed by atoms with Crippen molar-refractivity contribution in [3.63, 3.8) is 0 Å². The number of nitrogens with one attached hydrogen (secondary N) is 2. The number of carbonyl (C=O) groups excluding carboxylic acids is 1. The summed E-state index contributed by atoms with van der Waals surface area (Å²) in [6.07, 6.45) is 8.97. The van der Waals surface area contributed by atoms with Crippen molar-refractivity contribution in [3.05, 3.63) is 41.6 Å². The third-order valence-corrected chi connectivity index (χ3v) is 4.26. The highest BCUT2D eigenvalue weighted by Gasteiger charge is 2.11. The van der Waals surface area contributed by atoms with Gasteiger partial charge >= 0.3 is 6.03 Å². The smallest absolute Gasteiger partial charge is 0.314 e. The lowest BCUT2D eigenvalue weighted by Gasteiger charge is -2.16. The first kappa shape index (κ1) is 15.6. The Hall–Kier alpha value is -1.77. The number of amides is 2. The van der Waals surface area contributed by atoms with Crippen LogP contribution in [-0.2, 0) is 0 Å². The summed E-state index contributed by atoms with van der Waals surface area (Å²) in [7, 11) is 0. The van der Waals surface area contributed by atoms with Crippen molar-refractivity contribution < 1.29 is 4.79 Å². The first-order valence-electron chi connectivity index (χ1n) is 8.05. The molecule has 1 aromatic rings. The van der Waals surface area contributed by atoms with E-state index in [0.717, 1.165) is 24.9 Å². The number of rotatable bonds is 4. The molecule has 3 heteroatoms. The number of carbonyl (C=O) groups is 1. The molecule has 1 atom stereocenters. The van der Waals surface area contributed by atoms with E-state index >= 15 is 0 Å². The summed E-state index contributed by atoms with van der Waals surface area (Å²) in [5.74, 6) is 0.443. The Bertz CT molecular complexity index is 500. The first-order chi connectivity index (χ1) is 10.2. The fraction of sp³-hybridized carbons (Fsp3) is 0.500. The Labute approximate surface area is 127 Å². The summed E-state index contributed by atoms with van der Waals surface area (Å²) < 4.78 is 0. The quantitative estimate of drug-likeness (QED) is 0.787. The van der Waals surface area contributed by atoms with Gasteiger partial charge in [-0.2, -0.15) is 0 Å². The molecule has 0 aromatic heterocycles. The Morgan fingerprint density at radius 2 is 1.95 bits per heavy atom. The Balaban J connectivity index is 1.96. The van der Waals surface area contributed by atoms with Crippen LogP contribution < -0.4 is 10.6 Å². The number of para-hydroxylation sites is 1. The van der Waals surface area contributed by atoms with Crippen LogP contribution in [-0.4, -0.2) is 6.03 Å². The lowest BCUT2D eigenvalue weighted by atomic mass is 9.96. The minimum absolute atomic E-state index is 0.149. The molecule has 0 aliphatic heterocycles. The van der Waals surface area contributed by atoms with Crippen molar-refractivity contribution in [2.75, 3.05) is 5.32 Å². The number of benzene rings is 1. The molecule has 0 spiro atoms. The minimum Gasteiger partial charge on any atom is -0.314 e. The molecule has 0 heterocycles. The zero-order valence-electron chi connectivity index (χ0n) is 13.1. The van der Waals surface area contributed by atoms with Gasteiger partial charge < -0.3 is 10.6 Å². The van der Waals surface area contributed by atoms with Crippen molar-refractivity contribution in [1.29, 1.82) is 0 Å². The topological polar surface area (TPSA) is 41.1 Å². The van der Waals surface area contributed by atoms with Crippen molar-refractivity contribution >= 4 is 11.7 Å². The van der Waals surface area contributed by atoms with Crippen LogP contribution in [0.4, 0.5) is 10.5 Å². The van der Waals surface area contributed by atoms with Gasteiger partial charge in [-0.3, -0.25) is 0 Å². The molecular weight excluding hydrogens is 260 g/mol. The highest BCUT2D eigenvalue weighted by molar-refractivity contribution is 5.90. The van der Waals surface area contributed by atoms with Crippen molar-refractivity contribution in [2.45, 2.75) is 58.3 Å². The lowest BCUT2D eigenvalue weighted by molar-refractivity contribution is 0.255. The van der Waals surface area contributed by atoms with Gasteiger partial charge in [0, 0.05) is 11.9 Å². The molecule has 0 radical (unpaired) electrons. The molecule has 114 valence electrons. The number of anilines is 1. The molecule has 0 saturated heterocycles. The van der Waals surface area contributed by atoms with Gasteiger partial charge in [-0.15, -0.1) is 0 Å². The van der Waals surface area contributed by atoms with Gasteiger partial charge in [-0.1, -0.05) is 44.0 Å². The summed E-state index contributed by atoms with van der Waals surface area (Å²) >= 11 is 0. The molecule has 2 amide bonds. The monoisotopic (exact) mass is 286 g/mol. The van der Waals surface area contributed by atoms with Crippen LogP contribution in [0.25, 0.3) is 0 Å². The maximum atomic E-state index is 12.1. The average molecular weight is 286 g/mol. The second-order valence-corrected chi connectivity index (χ2v) is 5.86. The molecular formula is C18H26N2O. The van der Waals surface area contributed by atoms with E-state index < -0.39 is 0 Å². The molecule has 1 saturated carbocycles. The summed E-state index contributed by atoms with van der Waals surface area (Å²) in [5.41, 5.74) is 3.46. The molecule has 3 nitrogen and oxygen atoms in total. The van der Waals surface area contributed by atoms with Gasteiger partial charge in [0.15, 0.2) is 0 Å². The third kappa shape index (κ3) is 4.62. The predicted molar refractivity (Wildman–Crippen MR) is 88.5 cm³/mol. The van der Waals surface area contributed by atoms with E-state index in [9.17, 15) is 4.79 Å². The largest absolute Gasteiger partial charge is 0.323 e. The van der Waals surface area contributed by atoms with E-state index in [1.165, 1.54) is 30.4 Å². The van der Waals surface area contributed by atoms with E-state index in [4.69, 9.17) is 0 Å². The van der Waals surface area contributed by atoms with Gasteiger partial charge in [-0.25, -0.2) is 4.79 Å². The number of hydrogen-bond donors (Lipinski definition) is 2. The van der Waals surface area contributed by atoms with E-state index in [0.29, 0.717) is 5.92 Å². The molecule has 21 heavy (non-hydrogen) atoms. The Morgan fingerprint density at radius 1 is 1.24 bits per heavy atom. The van der Waals surface area contributed by atoms with Gasteiger partial charge in [0.25, 0.3) is 0 Å². The zero-order valence-corrected chi connectivity index (χ0v) is 13.1. The second-order valence-electron chi connectivity index (χ2n) is 5.86. The molecule has 1 unspecified atom stereocenters. The third-order valence-electron chi connectivity index (χ3n) is 4.26. The number of urea groups is 1. The minimum atomic E-state index is -0.149. The van der Waals surface area contributed by atoms with E-state index in [-0.39, 0.29) is 6.03 Å². The van der Waals surface area contributed by atoms with Crippen LogP contribution in [0, 0.1) is 0 Å². The van der Waals surface area contributed by atoms with Gasteiger partial charge in [0.2, 0.25) is 0 Å². The Morgan fingerprint density at radius 3 is 2.67 bits per heavy atom. The molecule has 1 fully saturated rings. The fourth-order valence-electron chi connectivity index (χ4n) is 2.74. The highest BCUT2D eigenvalue weighted by atomic mass is 16.2. The number of hydrogen-bond acceptors (Lipinski definition) is 1. The molecule has 2 N–H and O–H groups in total. The SMILES string of the molecule is CCC(C)c1ccccc1NC(=O)NC=C1CCCCC1. The summed E-state index contributed by atoms with van der Waals surface area (Å²) in [6, 6.07) is 7.89. The van der Waals surface area contributed by atoms with Gasteiger partial charge in [0.05, 0.1) is 0 Å². The van der Waals surface area contributed by atoms with E-state index in [1.807, 2.05) is 24.4 Å².